The molecule has 204 valence electrons. The summed E-state index contributed by atoms with van der Waals surface area (Å²) in [6.45, 7) is -0.115. The van der Waals surface area contributed by atoms with Crippen molar-refractivity contribution < 1.29 is 27.9 Å². The van der Waals surface area contributed by atoms with Crippen molar-refractivity contribution in [3.63, 3.8) is 0 Å². The minimum atomic E-state index is -2.89. The van der Waals surface area contributed by atoms with Crippen LogP contribution in [0.1, 0.15) is 30.7 Å². The number of halogens is 4. The van der Waals surface area contributed by atoms with Gasteiger partial charge in [-0.1, -0.05) is 35.9 Å². The number of rotatable bonds is 7. The molecule has 12 heteroatoms. The smallest absolute Gasteiger partial charge is 0.252 e. The van der Waals surface area contributed by atoms with Gasteiger partial charge in [0.15, 0.2) is 0 Å². The van der Waals surface area contributed by atoms with E-state index in [1.165, 1.54) is 35.5 Å². The highest BCUT2D eigenvalue weighted by molar-refractivity contribution is 6.31. The quantitative estimate of drug-likeness (QED) is 0.405. The molecule has 2 aromatic carbocycles. The molecule has 1 aromatic heterocycles. The average Bonchev–Trinajstić information content (AvgIpc) is 3.22. The van der Waals surface area contributed by atoms with Gasteiger partial charge in [0.05, 0.1) is 12.0 Å². The fourth-order valence-corrected chi connectivity index (χ4v) is 5.64. The lowest BCUT2D eigenvalue weighted by atomic mass is 9.74. The van der Waals surface area contributed by atoms with E-state index >= 15 is 0 Å². The number of β-amino-alcohol motifs (C(OH)–C–C–N with tert-alkyl or cyclic N) is 1. The number of aliphatic hydroxyl groups is 1. The fourth-order valence-electron chi connectivity index (χ4n) is 5.40. The van der Waals surface area contributed by atoms with Crippen molar-refractivity contribution in [1.29, 1.82) is 0 Å². The van der Waals surface area contributed by atoms with Gasteiger partial charge in [-0.3, -0.25) is 9.59 Å². The summed E-state index contributed by atoms with van der Waals surface area (Å²) < 4.78 is 41.2. The van der Waals surface area contributed by atoms with Crippen molar-refractivity contribution in [2.24, 2.45) is 0 Å². The summed E-state index contributed by atoms with van der Waals surface area (Å²) in [6, 6.07) is 12.4. The molecule has 2 unspecified atom stereocenters. The van der Waals surface area contributed by atoms with Crippen LogP contribution < -0.4 is 15.5 Å². The average molecular weight is 560 g/mol. The lowest BCUT2D eigenvalue weighted by Crippen LogP contribution is -2.62. The largest absolute Gasteiger partial charge is 0.391 e. The number of alkyl halides is 2. The minimum Gasteiger partial charge on any atom is -0.391 e. The third kappa shape index (κ3) is 5.28. The molecular weight excluding hydrogens is 535 g/mol. The Hall–Kier alpha value is -3.70. The number of hydrogen-bond acceptors (Lipinski definition) is 6. The molecule has 3 atom stereocenters. The number of anilines is 2. The molecule has 2 heterocycles. The van der Waals surface area contributed by atoms with Crippen molar-refractivity contribution in [2.45, 2.75) is 48.8 Å². The molecule has 0 bridgehead atoms. The van der Waals surface area contributed by atoms with Gasteiger partial charge in [0.2, 0.25) is 11.9 Å². The standard InChI is InChI=1S/C27H25ClF3N5O3/c28-21-8-2-1-7-20(21)22(23(38)34-18-12-26(30,31)13-18)27(24(39)35-17-6-3-5-16(29)11-17)14-19(37)15-36(27)25-32-9-4-10-33-25/h1-11,18-19,22,37H,12-15H2,(H,34,38)(H,35,39)/t19?,22-,27?/m1/s1. The van der Waals surface area contributed by atoms with E-state index in [-0.39, 0.29) is 35.2 Å². The monoisotopic (exact) mass is 559 g/mol. The van der Waals surface area contributed by atoms with Gasteiger partial charge in [0.25, 0.3) is 11.8 Å². The molecule has 0 radical (unpaired) electrons. The highest BCUT2D eigenvalue weighted by Gasteiger charge is 2.60. The SMILES string of the molecule is O=C(NC1CC(F)(F)C1)[C@@H](c1ccccc1Cl)C1(C(=O)Nc2cccc(F)c2)CC(O)CN1c1ncccn1. The lowest BCUT2D eigenvalue weighted by Gasteiger charge is -2.44. The van der Waals surface area contributed by atoms with Crippen molar-refractivity contribution >= 4 is 35.1 Å². The topological polar surface area (TPSA) is 107 Å². The summed E-state index contributed by atoms with van der Waals surface area (Å²) in [5, 5.41) is 16.4. The van der Waals surface area contributed by atoms with Crippen molar-refractivity contribution in [1.82, 2.24) is 15.3 Å². The molecule has 2 amide bonds. The Kier molecular flexibility index (Phi) is 7.21. The first-order valence-corrected chi connectivity index (χ1v) is 12.7. The number of carbonyl (C=O) groups is 2. The number of benzene rings is 2. The number of amides is 2. The summed E-state index contributed by atoms with van der Waals surface area (Å²) >= 11 is 6.56. The summed E-state index contributed by atoms with van der Waals surface area (Å²) in [4.78, 5) is 38.2. The van der Waals surface area contributed by atoms with Gasteiger partial charge in [-0.05, 0) is 35.9 Å². The van der Waals surface area contributed by atoms with Crippen LogP contribution in [0.15, 0.2) is 67.0 Å². The predicted molar refractivity (Wildman–Crippen MR) is 138 cm³/mol. The number of hydrogen-bond donors (Lipinski definition) is 3. The van der Waals surface area contributed by atoms with Gasteiger partial charge in [-0.2, -0.15) is 0 Å². The Morgan fingerprint density at radius 3 is 2.44 bits per heavy atom. The predicted octanol–water partition coefficient (Wildman–Crippen LogP) is 3.92. The second kappa shape index (κ2) is 10.5. The Labute approximate surface area is 227 Å². The lowest BCUT2D eigenvalue weighted by molar-refractivity contribution is -0.135. The van der Waals surface area contributed by atoms with E-state index in [2.05, 4.69) is 20.6 Å². The van der Waals surface area contributed by atoms with E-state index in [9.17, 15) is 27.9 Å². The van der Waals surface area contributed by atoms with E-state index in [4.69, 9.17) is 11.6 Å². The van der Waals surface area contributed by atoms with Crippen molar-refractivity contribution in [3.8, 4) is 0 Å². The van der Waals surface area contributed by atoms with Crippen LogP contribution >= 0.6 is 11.6 Å². The van der Waals surface area contributed by atoms with Gasteiger partial charge in [-0.25, -0.2) is 23.1 Å². The van der Waals surface area contributed by atoms with Crippen LogP contribution in [0.4, 0.5) is 24.8 Å². The van der Waals surface area contributed by atoms with Crippen molar-refractivity contribution in [3.05, 3.63) is 83.4 Å². The maximum atomic E-state index is 14.3. The second-order valence-electron chi connectivity index (χ2n) is 9.83. The molecule has 5 rings (SSSR count). The molecule has 2 aliphatic rings. The zero-order valence-electron chi connectivity index (χ0n) is 20.5. The summed E-state index contributed by atoms with van der Waals surface area (Å²) in [6.07, 6.45) is 0.469. The first-order valence-electron chi connectivity index (χ1n) is 12.3. The van der Waals surface area contributed by atoms with E-state index in [1.54, 1.807) is 30.3 Å². The van der Waals surface area contributed by atoms with Gasteiger partial charge < -0.3 is 20.6 Å². The molecule has 39 heavy (non-hydrogen) atoms. The van der Waals surface area contributed by atoms with E-state index < -0.39 is 60.0 Å². The number of aromatic nitrogens is 2. The molecule has 3 N–H and O–H groups in total. The number of carbonyl (C=O) groups excluding carboxylic acids is 2. The Morgan fingerprint density at radius 2 is 1.77 bits per heavy atom. The van der Waals surface area contributed by atoms with Crippen molar-refractivity contribution in [2.75, 3.05) is 16.8 Å². The van der Waals surface area contributed by atoms with Gasteiger partial charge >= 0.3 is 0 Å². The van der Waals surface area contributed by atoms with Gasteiger partial charge in [0.1, 0.15) is 11.4 Å². The van der Waals surface area contributed by atoms with E-state index in [1.807, 2.05) is 0 Å². The Morgan fingerprint density at radius 1 is 1.05 bits per heavy atom. The molecule has 8 nitrogen and oxygen atoms in total. The Bertz CT molecular complexity index is 1370. The summed E-state index contributed by atoms with van der Waals surface area (Å²) in [5.74, 6) is -6.30. The molecule has 2 fully saturated rings. The zero-order valence-corrected chi connectivity index (χ0v) is 21.3. The highest BCUT2D eigenvalue weighted by atomic mass is 35.5. The molecule has 1 aliphatic carbocycles. The van der Waals surface area contributed by atoms with Crippen LogP contribution in [0.2, 0.25) is 5.02 Å². The zero-order chi connectivity index (χ0) is 27.8. The number of nitrogens with zero attached hydrogens (tertiary/aromatic N) is 3. The Balaban J connectivity index is 1.66. The normalized spacial score (nSPS) is 23.1. The minimum absolute atomic E-state index is 0.0588. The first kappa shape index (κ1) is 26.9. The number of aliphatic hydroxyl groups excluding tert-OH is 1. The molecule has 0 spiro atoms. The maximum Gasteiger partial charge on any atom is 0.252 e. The highest BCUT2D eigenvalue weighted by Crippen LogP contribution is 2.47. The molecule has 1 saturated carbocycles. The van der Waals surface area contributed by atoms with Crippen LogP contribution in [0.5, 0.6) is 0 Å². The fraction of sp³-hybridized carbons (Fsp3) is 0.333. The van der Waals surface area contributed by atoms with Gasteiger partial charge in [-0.15, -0.1) is 0 Å². The van der Waals surface area contributed by atoms with Crippen LogP contribution in [-0.4, -0.2) is 57.0 Å². The first-order chi connectivity index (χ1) is 18.6. The third-order valence-corrected chi connectivity index (χ3v) is 7.43. The van der Waals surface area contributed by atoms with E-state index in [0.717, 1.165) is 6.07 Å². The maximum absolute atomic E-state index is 14.3. The van der Waals surface area contributed by atoms with Crippen LogP contribution in [0.25, 0.3) is 0 Å². The molecule has 1 saturated heterocycles. The van der Waals surface area contributed by atoms with Crippen LogP contribution in [0, 0.1) is 5.82 Å². The summed E-state index contributed by atoms with van der Waals surface area (Å²) in [7, 11) is 0. The second-order valence-corrected chi connectivity index (χ2v) is 10.2. The number of nitrogens with one attached hydrogen (secondary N) is 2. The molecular formula is C27H25ClF3N5O3. The third-order valence-electron chi connectivity index (χ3n) is 7.08. The molecule has 1 aliphatic heterocycles. The van der Waals surface area contributed by atoms with Gasteiger partial charge in [0, 0.05) is 55.0 Å². The van der Waals surface area contributed by atoms with Crippen LogP contribution in [-0.2, 0) is 9.59 Å². The molecule has 3 aromatic rings. The van der Waals surface area contributed by atoms with Crippen LogP contribution in [0.3, 0.4) is 0 Å². The summed E-state index contributed by atoms with van der Waals surface area (Å²) in [5.41, 5.74) is -1.52. The van der Waals surface area contributed by atoms with E-state index in [0.29, 0.717) is 0 Å².